The summed E-state index contributed by atoms with van der Waals surface area (Å²) in [4.78, 5) is 16.8. The van der Waals surface area contributed by atoms with Gasteiger partial charge in [-0.1, -0.05) is 54.4 Å². The molecule has 1 saturated carbocycles. The van der Waals surface area contributed by atoms with Crippen molar-refractivity contribution in [1.82, 2.24) is 20.8 Å². The Morgan fingerprint density at radius 3 is 2.60 bits per heavy atom. The number of aromatic nitrogens is 2. The Bertz CT molecular complexity index is 1020. The molecule has 0 atom stereocenters. The van der Waals surface area contributed by atoms with Crippen molar-refractivity contribution < 1.29 is 18.1 Å². The molecule has 1 fully saturated rings. The third-order valence-corrected chi connectivity index (χ3v) is 5.37. The molecule has 1 aliphatic rings. The van der Waals surface area contributed by atoms with Crippen molar-refractivity contribution in [3.63, 3.8) is 0 Å². The first-order chi connectivity index (χ1) is 14.5. The van der Waals surface area contributed by atoms with Crippen molar-refractivity contribution >= 4 is 6.03 Å². The monoisotopic (exact) mass is 412 g/mol. The molecule has 0 aliphatic heterocycles. The lowest BCUT2D eigenvalue weighted by Crippen LogP contribution is -2.48. The highest BCUT2D eigenvalue weighted by atomic mass is 19.1. The van der Waals surface area contributed by atoms with Crippen LogP contribution < -0.4 is 10.6 Å². The smallest absolute Gasteiger partial charge is 0.315 e. The second-order valence-corrected chi connectivity index (χ2v) is 7.49. The van der Waals surface area contributed by atoms with Crippen molar-refractivity contribution in [2.45, 2.75) is 44.2 Å². The minimum absolute atomic E-state index is 0.0512. The molecule has 0 saturated heterocycles. The molecule has 8 heteroatoms. The van der Waals surface area contributed by atoms with Crippen molar-refractivity contribution in [2.75, 3.05) is 0 Å². The lowest BCUT2D eigenvalue weighted by molar-refractivity contribution is 0.221. The quantitative estimate of drug-likeness (QED) is 0.636. The van der Waals surface area contributed by atoms with Crippen LogP contribution in [-0.4, -0.2) is 16.2 Å². The maximum absolute atomic E-state index is 14.4. The number of hydrogen-bond acceptors (Lipinski definition) is 4. The summed E-state index contributed by atoms with van der Waals surface area (Å²) in [6, 6.07) is 12.7. The fraction of sp³-hybridized carbons (Fsp3) is 0.318. The van der Waals surface area contributed by atoms with E-state index in [2.05, 4.69) is 20.8 Å². The fourth-order valence-corrected chi connectivity index (χ4v) is 3.95. The van der Waals surface area contributed by atoms with Crippen molar-refractivity contribution in [3.05, 3.63) is 83.0 Å². The third kappa shape index (κ3) is 4.48. The Morgan fingerprint density at radius 1 is 1.10 bits per heavy atom. The predicted molar refractivity (Wildman–Crippen MR) is 105 cm³/mol. The van der Waals surface area contributed by atoms with E-state index < -0.39 is 23.2 Å². The number of rotatable bonds is 6. The number of hydrogen-bond donors (Lipinski definition) is 2. The third-order valence-electron chi connectivity index (χ3n) is 5.37. The van der Waals surface area contributed by atoms with Crippen LogP contribution in [0.2, 0.25) is 0 Å². The summed E-state index contributed by atoms with van der Waals surface area (Å²) in [5, 5.41) is 9.50. The van der Waals surface area contributed by atoms with Gasteiger partial charge in [-0.2, -0.15) is 4.98 Å². The number of carbonyl (C=O) groups excluding carboxylic acids is 1. The molecule has 6 nitrogen and oxygen atoms in total. The summed E-state index contributed by atoms with van der Waals surface area (Å²) >= 11 is 0. The van der Waals surface area contributed by atoms with E-state index in [-0.39, 0.29) is 12.4 Å². The van der Waals surface area contributed by atoms with Gasteiger partial charge in [0.15, 0.2) is 5.82 Å². The Balaban J connectivity index is 1.38. The summed E-state index contributed by atoms with van der Waals surface area (Å²) in [6.45, 7) is 0.0512. The number of urea groups is 1. The molecule has 3 aromatic rings. The van der Waals surface area contributed by atoms with Gasteiger partial charge in [-0.15, -0.1) is 0 Å². The Kier molecular flexibility index (Phi) is 5.74. The Morgan fingerprint density at radius 2 is 1.87 bits per heavy atom. The highest BCUT2D eigenvalue weighted by Crippen LogP contribution is 2.40. The molecule has 2 N–H and O–H groups in total. The van der Waals surface area contributed by atoms with E-state index in [1.165, 1.54) is 12.1 Å². The van der Waals surface area contributed by atoms with Gasteiger partial charge in [0.2, 0.25) is 5.89 Å². The molecule has 1 aromatic heterocycles. The normalized spacial score (nSPS) is 15.1. The van der Waals surface area contributed by atoms with Crippen LogP contribution in [0.3, 0.4) is 0 Å². The van der Waals surface area contributed by atoms with Gasteiger partial charge in [0, 0.05) is 18.1 Å². The minimum Gasteiger partial charge on any atom is -0.337 e. The van der Waals surface area contributed by atoms with Gasteiger partial charge in [-0.3, -0.25) is 0 Å². The first kappa shape index (κ1) is 20.0. The second-order valence-electron chi connectivity index (χ2n) is 7.49. The first-order valence-electron chi connectivity index (χ1n) is 9.91. The zero-order valence-electron chi connectivity index (χ0n) is 16.3. The molecule has 2 amide bonds. The number of carbonyl (C=O) groups is 1. The number of benzene rings is 2. The molecule has 1 heterocycles. The Labute approximate surface area is 172 Å². The van der Waals surface area contributed by atoms with E-state index in [4.69, 9.17) is 4.52 Å². The van der Waals surface area contributed by atoms with Gasteiger partial charge in [0.05, 0.1) is 12.1 Å². The van der Waals surface area contributed by atoms with Crippen LogP contribution in [0.15, 0.2) is 53.1 Å². The number of amides is 2. The van der Waals surface area contributed by atoms with E-state index in [0.29, 0.717) is 30.7 Å². The summed E-state index contributed by atoms with van der Waals surface area (Å²) in [5.74, 6) is -0.486. The molecule has 30 heavy (non-hydrogen) atoms. The predicted octanol–water partition coefficient (Wildman–Crippen LogP) is 4.21. The summed E-state index contributed by atoms with van der Waals surface area (Å²) < 4.78 is 32.9. The van der Waals surface area contributed by atoms with Crippen molar-refractivity contribution in [3.8, 4) is 0 Å². The van der Waals surface area contributed by atoms with E-state index >= 15 is 0 Å². The zero-order valence-corrected chi connectivity index (χ0v) is 16.3. The Hall–Kier alpha value is -3.29. The van der Waals surface area contributed by atoms with Crippen LogP contribution >= 0.6 is 0 Å². The number of nitrogens with one attached hydrogen (secondary N) is 2. The molecule has 156 valence electrons. The van der Waals surface area contributed by atoms with Gasteiger partial charge in [0.25, 0.3) is 0 Å². The first-order valence-corrected chi connectivity index (χ1v) is 9.91. The number of halogens is 2. The lowest BCUT2D eigenvalue weighted by atomic mass is 9.87. The molecule has 2 aromatic carbocycles. The molecule has 0 spiro atoms. The molecular formula is C22H22F2N4O2. The molecule has 1 aliphatic carbocycles. The molecule has 0 radical (unpaired) electrons. The van der Waals surface area contributed by atoms with Crippen LogP contribution in [0.5, 0.6) is 0 Å². The van der Waals surface area contributed by atoms with Crippen molar-refractivity contribution in [2.24, 2.45) is 0 Å². The van der Waals surface area contributed by atoms with Gasteiger partial charge in [0.1, 0.15) is 11.6 Å². The maximum atomic E-state index is 14.4. The topological polar surface area (TPSA) is 80.1 Å². The van der Waals surface area contributed by atoms with E-state index in [1.807, 2.05) is 30.3 Å². The zero-order chi connectivity index (χ0) is 21.0. The average molecular weight is 412 g/mol. The van der Waals surface area contributed by atoms with Gasteiger partial charge < -0.3 is 15.2 Å². The number of nitrogens with zero attached hydrogens (tertiary/aromatic N) is 2. The highest BCUT2D eigenvalue weighted by molar-refractivity contribution is 5.75. The molecule has 0 unspecified atom stereocenters. The van der Waals surface area contributed by atoms with Crippen molar-refractivity contribution in [1.29, 1.82) is 0 Å². The minimum atomic E-state index is -0.852. The maximum Gasteiger partial charge on any atom is 0.315 e. The van der Waals surface area contributed by atoms with Crippen LogP contribution in [0, 0.1) is 11.6 Å². The van der Waals surface area contributed by atoms with Gasteiger partial charge >= 0.3 is 6.03 Å². The molecule has 4 rings (SSSR count). The van der Waals surface area contributed by atoms with Crippen LogP contribution in [0.4, 0.5) is 13.6 Å². The highest BCUT2D eigenvalue weighted by Gasteiger charge is 2.39. The van der Waals surface area contributed by atoms with E-state index in [1.54, 1.807) is 0 Å². The van der Waals surface area contributed by atoms with Crippen LogP contribution in [-0.2, 0) is 18.5 Å². The van der Waals surface area contributed by atoms with Gasteiger partial charge in [-0.25, -0.2) is 13.6 Å². The SMILES string of the molecule is O=C(NCc1nc(Cc2ccccc2)no1)NC1(c2ccc(F)cc2F)CCCC1. The fourth-order valence-electron chi connectivity index (χ4n) is 3.95. The molecular weight excluding hydrogens is 390 g/mol. The lowest BCUT2D eigenvalue weighted by Gasteiger charge is -2.31. The summed E-state index contributed by atoms with van der Waals surface area (Å²) in [5.41, 5.74) is 0.509. The van der Waals surface area contributed by atoms with E-state index in [0.717, 1.165) is 24.5 Å². The largest absolute Gasteiger partial charge is 0.337 e. The second kappa shape index (κ2) is 8.61. The average Bonchev–Trinajstić information content (AvgIpc) is 3.37. The summed E-state index contributed by atoms with van der Waals surface area (Å²) in [6.07, 6.45) is 3.41. The van der Waals surface area contributed by atoms with Crippen LogP contribution in [0.1, 0.15) is 48.5 Å². The summed E-state index contributed by atoms with van der Waals surface area (Å²) in [7, 11) is 0. The van der Waals surface area contributed by atoms with E-state index in [9.17, 15) is 13.6 Å². The molecule has 0 bridgehead atoms. The van der Waals surface area contributed by atoms with Crippen LogP contribution in [0.25, 0.3) is 0 Å². The standard InChI is InChI=1S/C22H22F2N4O2/c23-16-8-9-17(18(24)13-16)22(10-4-5-11-22)27-21(29)25-14-20-26-19(28-30-20)12-15-6-2-1-3-7-15/h1-3,6-9,13H,4-5,10-12,14H2,(H2,25,27,29). The van der Waals surface area contributed by atoms with Gasteiger partial charge in [-0.05, 0) is 24.5 Å².